The Labute approximate surface area is 186 Å². The number of nitrogens with one attached hydrogen (secondary N) is 1. The number of nitrogens with two attached hydrogens (primary N) is 1. The maximum absolute atomic E-state index is 12.9. The number of carbonyl (C=O) groups is 1. The molecule has 0 saturated carbocycles. The summed E-state index contributed by atoms with van der Waals surface area (Å²) in [6.45, 7) is 2.57. The summed E-state index contributed by atoms with van der Waals surface area (Å²) in [5.41, 5.74) is 6.54. The summed E-state index contributed by atoms with van der Waals surface area (Å²) in [6, 6.07) is 8.93. The van der Waals surface area contributed by atoms with Crippen LogP contribution in [0.4, 0.5) is 5.69 Å². The minimum Gasteiger partial charge on any atom is -0.496 e. The lowest BCUT2D eigenvalue weighted by Crippen LogP contribution is -2.55. The molecule has 3 rings (SSSR count). The molecule has 1 fully saturated rings. The van der Waals surface area contributed by atoms with Crippen molar-refractivity contribution in [2.75, 3.05) is 45.3 Å². The second-order valence-corrected chi connectivity index (χ2v) is 8.56. The molecule has 1 aliphatic heterocycles. The maximum atomic E-state index is 12.9. The number of hydrogen-bond donors (Lipinski definition) is 2. The van der Waals surface area contributed by atoms with Crippen molar-refractivity contribution in [3.63, 3.8) is 0 Å². The van der Waals surface area contributed by atoms with Gasteiger partial charge in [0.1, 0.15) is 5.75 Å². The van der Waals surface area contributed by atoms with Gasteiger partial charge in [0.25, 0.3) is 5.91 Å². The number of hydrogen-bond acceptors (Lipinski definition) is 7. The third-order valence-corrected chi connectivity index (χ3v) is 6.37. The molecule has 2 heterocycles. The first kappa shape index (κ1) is 22.7. The molecule has 1 aromatic carbocycles. The quantitative estimate of drug-likeness (QED) is 0.472. The molecule has 0 radical (unpaired) electrons. The van der Waals surface area contributed by atoms with Gasteiger partial charge in [-0.1, -0.05) is 17.7 Å². The Kier molecular flexibility index (Phi) is 8.21. The SMILES string of the molecule is COc1cc(N)c(Cl)cc1C(=O)N[C@@H]1CCN(CCSc2ccccn2)C[C@@H]1OC. The van der Waals surface area contributed by atoms with Gasteiger partial charge in [0.05, 0.1) is 40.6 Å². The van der Waals surface area contributed by atoms with E-state index in [2.05, 4.69) is 15.2 Å². The minimum atomic E-state index is -0.250. The van der Waals surface area contributed by atoms with Crippen LogP contribution in [0.5, 0.6) is 5.75 Å². The normalized spacial score (nSPS) is 19.4. The van der Waals surface area contributed by atoms with Crippen LogP contribution in [0.3, 0.4) is 0 Å². The number of piperidine rings is 1. The zero-order valence-corrected chi connectivity index (χ0v) is 18.7. The molecule has 1 aromatic heterocycles. The highest BCUT2D eigenvalue weighted by Crippen LogP contribution is 2.29. The fourth-order valence-corrected chi connectivity index (χ4v) is 4.49. The number of pyridine rings is 1. The average Bonchev–Trinajstić information content (AvgIpc) is 2.76. The first-order chi connectivity index (χ1) is 14.5. The number of nitrogen functional groups attached to an aromatic ring is 1. The molecular formula is C21H27ClN4O3S. The number of halogens is 1. The summed E-state index contributed by atoms with van der Waals surface area (Å²) in [5, 5.41) is 4.43. The molecule has 1 amide bonds. The predicted octanol–water partition coefficient (Wildman–Crippen LogP) is 2.94. The zero-order valence-electron chi connectivity index (χ0n) is 17.1. The molecule has 30 heavy (non-hydrogen) atoms. The second-order valence-electron chi connectivity index (χ2n) is 7.03. The van der Waals surface area contributed by atoms with Gasteiger partial charge in [0.2, 0.25) is 0 Å². The molecule has 3 N–H and O–H groups in total. The fraction of sp³-hybridized carbons (Fsp3) is 0.429. The summed E-state index contributed by atoms with van der Waals surface area (Å²) in [4.78, 5) is 19.5. The lowest BCUT2D eigenvalue weighted by Gasteiger charge is -2.38. The van der Waals surface area contributed by atoms with Crippen molar-refractivity contribution >= 4 is 35.0 Å². The van der Waals surface area contributed by atoms with Gasteiger partial charge in [-0.15, -0.1) is 11.8 Å². The van der Waals surface area contributed by atoms with Gasteiger partial charge >= 0.3 is 0 Å². The Bertz CT molecular complexity index is 856. The molecular weight excluding hydrogens is 424 g/mol. The number of carbonyl (C=O) groups excluding carboxylic acids is 1. The summed E-state index contributed by atoms with van der Waals surface area (Å²) in [6.07, 6.45) is 2.50. The lowest BCUT2D eigenvalue weighted by atomic mass is 10.0. The highest BCUT2D eigenvalue weighted by molar-refractivity contribution is 7.99. The van der Waals surface area contributed by atoms with Gasteiger partial charge in [-0.3, -0.25) is 9.69 Å². The number of anilines is 1. The van der Waals surface area contributed by atoms with Crippen molar-refractivity contribution in [1.29, 1.82) is 0 Å². The zero-order chi connectivity index (χ0) is 21.5. The molecule has 9 heteroatoms. The monoisotopic (exact) mass is 450 g/mol. The Morgan fingerprint density at radius 2 is 2.23 bits per heavy atom. The van der Waals surface area contributed by atoms with Gasteiger partial charge < -0.3 is 20.5 Å². The third-order valence-electron chi connectivity index (χ3n) is 5.12. The van der Waals surface area contributed by atoms with Crippen LogP contribution in [0.25, 0.3) is 0 Å². The predicted molar refractivity (Wildman–Crippen MR) is 120 cm³/mol. The van der Waals surface area contributed by atoms with Crippen LogP contribution in [-0.4, -0.2) is 67.5 Å². The van der Waals surface area contributed by atoms with Crippen molar-refractivity contribution in [3.05, 3.63) is 47.1 Å². The van der Waals surface area contributed by atoms with Gasteiger partial charge in [-0.05, 0) is 24.6 Å². The molecule has 0 spiro atoms. The summed E-state index contributed by atoms with van der Waals surface area (Å²) < 4.78 is 11.0. The van der Waals surface area contributed by atoms with Crippen molar-refractivity contribution in [2.45, 2.75) is 23.6 Å². The van der Waals surface area contributed by atoms with E-state index in [9.17, 15) is 4.79 Å². The largest absolute Gasteiger partial charge is 0.496 e. The first-order valence-corrected chi connectivity index (χ1v) is 11.1. The molecule has 1 aliphatic rings. The number of ether oxygens (including phenoxy) is 2. The number of benzene rings is 1. The van der Waals surface area contributed by atoms with Gasteiger partial charge in [-0.2, -0.15) is 0 Å². The number of nitrogens with zero attached hydrogens (tertiary/aromatic N) is 2. The average molecular weight is 451 g/mol. The van der Waals surface area contributed by atoms with Gasteiger partial charge in [0, 0.05) is 44.8 Å². The van der Waals surface area contributed by atoms with Crippen molar-refractivity contribution in [1.82, 2.24) is 15.2 Å². The molecule has 2 aromatic rings. The van der Waals surface area contributed by atoms with E-state index in [4.69, 9.17) is 26.8 Å². The van der Waals surface area contributed by atoms with Gasteiger partial charge in [-0.25, -0.2) is 4.98 Å². The number of aromatic nitrogens is 1. The Balaban J connectivity index is 1.55. The summed E-state index contributed by atoms with van der Waals surface area (Å²) >= 11 is 7.84. The Morgan fingerprint density at radius 3 is 2.93 bits per heavy atom. The standard InChI is InChI=1S/C21H27ClN4O3S/c1-28-18-12-16(23)15(22)11-14(18)21(27)25-17-6-8-26(13-19(17)29-2)9-10-30-20-5-3-4-7-24-20/h3-5,7,11-12,17,19H,6,8-10,13,23H2,1-2H3,(H,25,27)/t17-,19+/m1/s1. The number of thioether (sulfide) groups is 1. The molecule has 1 saturated heterocycles. The fourth-order valence-electron chi connectivity index (χ4n) is 3.46. The molecule has 162 valence electrons. The van der Waals surface area contributed by atoms with E-state index in [1.165, 1.54) is 13.2 Å². The number of rotatable bonds is 8. The minimum absolute atomic E-state index is 0.0942. The maximum Gasteiger partial charge on any atom is 0.255 e. The lowest BCUT2D eigenvalue weighted by molar-refractivity contribution is 0.00834. The highest BCUT2D eigenvalue weighted by Gasteiger charge is 2.31. The second kappa shape index (κ2) is 10.9. The Morgan fingerprint density at radius 1 is 1.40 bits per heavy atom. The highest BCUT2D eigenvalue weighted by atomic mass is 35.5. The van der Waals surface area contributed by atoms with Crippen LogP contribution in [-0.2, 0) is 4.74 Å². The topological polar surface area (TPSA) is 89.7 Å². The molecule has 0 unspecified atom stereocenters. The number of likely N-dealkylation sites (tertiary alicyclic amines) is 1. The molecule has 0 bridgehead atoms. The van der Waals surface area contributed by atoms with Crippen molar-refractivity contribution in [2.24, 2.45) is 0 Å². The van der Waals surface area contributed by atoms with E-state index < -0.39 is 0 Å². The molecule has 0 aliphatic carbocycles. The van der Waals surface area contributed by atoms with E-state index in [1.807, 2.05) is 18.2 Å². The van der Waals surface area contributed by atoms with Crippen LogP contribution in [0.1, 0.15) is 16.8 Å². The summed E-state index contributed by atoms with van der Waals surface area (Å²) in [7, 11) is 3.18. The Hall–Kier alpha value is -2.00. The smallest absolute Gasteiger partial charge is 0.255 e. The van der Waals surface area contributed by atoms with Crippen LogP contribution in [0.15, 0.2) is 41.6 Å². The van der Waals surface area contributed by atoms with Crippen LogP contribution < -0.4 is 15.8 Å². The van der Waals surface area contributed by atoms with E-state index in [0.717, 1.165) is 36.8 Å². The molecule has 7 nitrogen and oxygen atoms in total. The first-order valence-electron chi connectivity index (χ1n) is 9.74. The van der Waals surface area contributed by atoms with Crippen molar-refractivity contribution in [3.8, 4) is 5.75 Å². The van der Waals surface area contributed by atoms with Gasteiger partial charge in [0.15, 0.2) is 0 Å². The van der Waals surface area contributed by atoms with Crippen LogP contribution in [0.2, 0.25) is 5.02 Å². The number of methoxy groups -OCH3 is 2. The van der Waals surface area contributed by atoms with Crippen molar-refractivity contribution < 1.29 is 14.3 Å². The van der Waals surface area contributed by atoms with Crippen LogP contribution >= 0.6 is 23.4 Å². The molecule has 2 atom stereocenters. The van der Waals surface area contributed by atoms with Crippen LogP contribution in [0, 0.1) is 0 Å². The van der Waals surface area contributed by atoms with E-state index in [1.54, 1.807) is 31.1 Å². The summed E-state index contributed by atoms with van der Waals surface area (Å²) in [5.74, 6) is 1.10. The van der Waals surface area contributed by atoms with E-state index in [0.29, 0.717) is 22.0 Å². The third kappa shape index (κ3) is 5.78. The van der Waals surface area contributed by atoms with E-state index in [-0.39, 0.29) is 18.1 Å². The number of amides is 1. The van der Waals surface area contributed by atoms with E-state index >= 15 is 0 Å².